The number of aryl methyl sites for hydroxylation is 1. The summed E-state index contributed by atoms with van der Waals surface area (Å²) in [4.78, 5) is 20.0. The van der Waals surface area contributed by atoms with Gasteiger partial charge in [0.05, 0.1) is 0 Å². The van der Waals surface area contributed by atoms with Crippen LogP contribution in [0.3, 0.4) is 0 Å². The van der Waals surface area contributed by atoms with E-state index in [2.05, 4.69) is 34.3 Å². The summed E-state index contributed by atoms with van der Waals surface area (Å²) in [5.74, 6) is 0. The Hall–Kier alpha value is -2.66. The summed E-state index contributed by atoms with van der Waals surface area (Å²) in [7, 11) is 0. The van der Waals surface area contributed by atoms with Gasteiger partial charge in [-0.05, 0) is 42.7 Å². The highest BCUT2D eigenvalue weighted by atomic mass is 35.5. The molecule has 0 unspecified atom stereocenters. The van der Waals surface area contributed by atoms with Crippen molar-refractivity contribution in [3.63, 3.8) is 0 Å². The number of halogens is 1. The number of H-pyrrole nitrogens is 1. The van der Waals surface area contributed by atoms with Crippen LogP contribution in [0.5, 0.6) is 0 Å². The van der Waals surface area contributed by atoms with Crippen LogP contribution in [0.25, 0.3) is 10.9 Å². The summed E-state index contributed by atoms with van der Waals surface area (Å²) in [6, 6.07) is 14.2. The number of amides is 2. The average molecular weight is 397 g/mol. The topological polar surface area (TPSA) is 51.4 Å². The normalized spacial score (nSPS) is 14.5. The van der Waals surface area contributed by atoms with E-state index in [0.29, 0.717) is 19.6 Å². The molecule has 2 heterocycles. The molecule has 2 N–H and O–H groups in total. The van der Waals surface area contributed by atoms with E-state index in [9.17, 15) is 4.79 Å². The predicted octanol–water partition coefficient (Wildman–Crippen LogP) is 4.20. The first kappa shape index (κ1) is 18.7. The lowest BCUT2D eigenvalue weighted by atomic mass is 10.1. The van der Waals surface area contributed by atoms with Gasteiger partial charge in [-0.3, -0.25) is 0 Å². The van der Waals surface area contributed by atoms with Crippen LogP contribution in [0.1, 0.15) is 11.1 Å². The van der Waals surface area contributed by atoms with E-state index in [0.717, 1.165) is 35.7 Å². The molecule has 146 valence electrons. The Balaban J connectivity index is 1.28. The van der Waals surface area contributed by atoms with Gasteiger partial charge in [0, 0.05) is 60.5 Å². The number of aromatic amines is 1. The van der Waals surface area contributed by atoms with Crippen molar-refractivity contribution in [1.29, 1.82) is 0 Å². The molecule has 2 aromatic carbocycles. The lowest BCUT2D eigenvalue weighted by Gasteiger charge is -2.36. The number of carbonyl (C=O) groups excluding carboxylic acids is 1. The minimum absolute atomic E-state index is 0.0160. The molecule has 0 aliphatic carbocycles. The molecule has 5 nitrogen and oxygen atoms in total. The zero-order valence-electron chi connectivity index (χ0n) is 16.0. The van der Waals surface area contributed by atoms with Gasteiger partial charge in [0.25, 0.3) is 0 Å². The second kappa shape index (κ2) is 8.15. The largest absolute Gasteiger partial charge is 0.368 e. The zero-order valence-corrected chi connectivity index (χ0v) is 16.8. The average Bonchev–Trinajstić information content (AvgIpc) is 3.13. The molecule has 1 aliphatic rings. The van der Waals surface area contributed by atoms with Crippen molar-refractivity contribution in [3.05, 3.63) is 64.8 Å². The molecule has 1 aromatic heterocycles. The van der Waals surface area contributed by atoms with Crippen molar-refractivity contribution < 1.29 is 4.79 Å². The van der Waals surface area contributed by atoms with Crippen molar-refractivity contribution in [2.45, 2.75) is 13.3 Å². The number of para-hydroxylation sites is 1. The van der Waals surface area contributed by atoms with Crippen LogP contribution in [0.2, 0.25) is 5.02 Å². The van der Waals surface area contributed by atoms with E-state index in [1.54, 1.807) is 0 Å². The highest BCUT2D eigenvalue weighted by molar-refractivity contribution is 6.30. The fraction of sp³-hybridized carbons (Fsp3) is 0.318. The van der Waals surface area contributed by atoms with E-state index >= 15 is 0 Å². The first-order valence-corrected chi connectivity index (χ1v) is 10.1. The quantitative estimate of drug-likeness (QED) is 0.694. The molecule has 6 heteroatoms. The number of carbonyl (C=O) groups is 1. The van der Waals surface area contributed by atoms with Crippen molar-refractivity contribution in [2.24, 2.45) is 0 Å². The Morgan fingerprint density at radius 2 is 1.93 bits per heavy atom. The number of hydrogen-bond acceptors (Lipinski definition) is 2. The van der Waals surface area contributed by atoms with Gasteiger partial charge in [0.2, 0.25) is 0 Å². The molecule has 0 radical (unpaired) electrons. The molecule has 0 bridgehead atoms. The van der Waals surface area contributed by atoms with E-state index in [1.807, 2.05) is 41.4 Å². The molecule has 1 aliphatic heterocycles. The number of hydrogen-bond donors (Lipinski definition) is 2. The van der Waals surface area contributed by atoms with E-state index in [-0.39, 0.29) is 6.03 Å². The van der Waals surface area contributed by atoms with Crippen molar-refractivity contribution in [1.82, 2.24) is 15.2 Å². The summed E-state index contributed by atoms with van der Waals surface area (Å²) in [6.07, 6.45) is 2.85. The van der Waals surface area contributed by atoms with Gasteiger partial charge in [-0.2, -0.15) is 0 Å². The third kappa shape index (κ3) is 3.94. The van der Waals surface area contributed by atoms with E-state index < -0.39 is 0 Å². The molecule has 0 saturated carbocycles. The highest BCUT2D eigenvalue weighted by Crippen LogP contribution is 2.25. The molecule has 28 heavy (non-hydrogen) atoms. The third-order valence-corrected chi connectivity index (χ3v) is 5.66. The second-order valence-corrected chi connectivity index (χ2v) is 7.68. The Morgan fingerprint density at radius 1 is 1.14 bits per heavy atom. The number of rotatable bonds is 4. The molecule has 0 atom stereocenters. The molecule has 0 spiro atoms. The number of urea groups is 1. The SMILES string of the molecule is Cc1ccc(Cl)cc1N1CCN(C(=O)NCCc2c[nH]c3ccccc23)CC1. The number of benzene rings is 2. The van der Waals surface area contributed by atoms with Gasteiger partial charge in [-0.25, -0.2) is 4.79 Å². The minimum Gasteiger partial charge on any atom is -0.368 e. The summed E-state index contributed by atoms with van der Waals surface area (Å²) in [5.41, 5.74) is 4.74. The summed E-state index contributed by atoms with van der Waals surface area (Å²) in [5, 5.41) is 5.04. The lowest BCUT2D eigenvalue weighted by Crippen LogP contribution is -2.52. The number of piperazine rings is 1. The number of fused-ring (bicyclic) bond motifs is 1. The van der Waals surface area contributed by atoms with Gasteiger partial charge in [0.15, 0.2) is 0 Å². The maximum absolute atomic E-state index is 12.5. The van der Waals surface area contributed by atoms with Gasteiger partial charge < -0.3 is 20.1 Å². The number of anilines is 1. The predicted molar refractivity (Wildman–Crippen MR) is 115 cm³/mol. The number of nitrogens with one attached hydrogen (secondary N) is 2. The number of aromatic nitrogens is 1. The Bertz CT molecular complexity index is 976. The second-order valence-electron chi connectivity index (χ2n) is 7.25. The van der Waals surface area contributed by atoms with Gasteiger partial charge in [-0.15, -0.1) is 0 Å². The maximum Gasteiger partial charge on any atom is 0.317 e. The molecule has 4 rings (SSSR count). The fourth-order valence-corrected chi connectivity index (χ4v) is 3.99. The number of nitrogens with zero attached hydrogens (tertiary/aromatic N) is 2. The fourth-order valence-electron chi connectivity index (χ4n) is 3.83. The first-order valence-electron chi connectivity index (χ1n) is 9.71. The summed E-state index contributed by atoms with van der Waals surface area (Å²) in [6.45, 7) is 5.79. The Morgan fingerprint density at radius 3 is 2.75 bits per heavy atom. The maximum atomic E-state index is 12.5. The highest BCUT2D eigenvalue weighted by Gasteiger charge is 2.22. The van der Waals surface area contributed by atoms with Gasteiger partial charge >= 0.3 is 6.03 Å². The van der Waals surface area contributed by atoms with Crippen LogP contribution in [-0.4, -0.2) is 48.6 Å². The van der Waals surface area contributed by atoms with Crippen LogP contribution < -0.4 is 10.2 Å². The van der Waals surface area contributed by atoms with Gasteiger partial charge in [0.1, 0.15) is 0 Å². The molecule has 1 saturated heterocycles. The Kier molecular flexibility index (Phi) is 5.44. The zero-order chi connectivity index (χ0) is 19.5. The molecular formula is C22H25ClN4O. The molecular weight excluding hydrogens is 372 g/mol. The van der Waals surface area contributed by atoms with Crippen molar-refractivity contribution in [2.75, 3.05) is 37.6 Å². The van der Waals surface area contributed by atoms with Gasteiger partial charge in [-0.1, -0.05) is 35.9 Å². The lowest BCUT2D eigenvalue weighted by molar-refractivity contribution is 0.194. The molecule has 2 amide bonds. The van der Waals surface area contributed by atoms with Crippen LogP contribution in [0.15, 0.2) is 48.7 Å². The van der Waals surface area contributed by atoms with Crippen LogP contribution in [0.4, 0.5) is 10.5 Å². The van der Waals surface area contributed by atoms with Crippen LogP contribution >= 0.6 is 11.6 Å². The standard InChI is InChI=1S/C22H25ClN4O/c1-16-6-7-18(23)14-21(16)26-10-12-27(13-11-26)22(28)24-9-8-17-15-25-20-5-3-2-4-19(17)20/h2-7,14-15,25H,8-13H2,1H3,(H,24,28). The van der Waals surface area contributed by atoms with E-state index in [1.165, 1.54) is 16.5 Å². The molecule has 1 fully saturated rings. The van der Waals surface area contributed by atoms with Crippen LogP contribution in [0, 0.1) is 6.92 Å². The van der Waals surface area contributed by atoms with Crippen molar-refractivity contribution in [3.8, 4) is 0 Å². The minimum atomic E-state index is 0.0160. The molecule has 3 aromatic rings. The monoisotopic (exact) mass is 396 g/mol. The summed E-state index contributed by atoms with van der Waals surface area (Å²) >= 11 is 6.15. The third-order valence-electron chi connectivity index (χ3n) is 5.42. The summed E-state index contributed by atoms with van der Waals surface area (Å²) < 4.78 is 0. The Labute approximate surface area is 170 Å². The van der Waals surface area contributed by atoms with Crippen LogP contribution in [-0.2, 0) is 6.42 Å². The smallest absolute Gasteiger partial charge is 0.317 e. The van der Waals surface area contributed by atoms with Crippen molar-refractivity contribution >= 4 is 34.2 Å². The van der Waals surface area contributed by atoms with E-state index in [4.69, 9.17) is 11.6 Å². The first-order chi connectivity index (χ1) is 13.6.